The van der Waals surface area contributed by atoms with E-state index in [-0.39, 0.29) is 11.5 Å². The van der Waals surface area contributed by atoms with E-state index in [2.05, 4.69) is 11.5 Å². The topological polar surface area (TPSA) is 35.2 Å². The van der Waals surface area contributed by atoms with Crippen molar-refractivity contribution in [2.75, 3.05) is 0 Å². The Kier molecular flexibility index (Phi) is 7.47. The summed E-state index contributed by atoms with van der Waals surface area (Å²) in [5.74, 6) is -0.191. The Balaban J connectivity index is 3.04. The molecule has 2 nitrogen and oxygen atoms in total. The highest BCUT2D eigenvalue weighted by molar-refractivity contribution is 6.30. The standard InChI is InChI=1S/C18H21ClFNO/c1-4-6-16(12-18(21)13(3)22-20)15(5-2)11-14-7-9-17(19)10-8-14/h5-10,12H,3-4,11,21H2,1-2H3/b15-5-,16-6-,18-12-. The van der Waals surface area contributed by atoms with Crippen molar-refractivity contribution in [1.29, 1.82) is 0 Å². The van der Waals surface area contributed by atoms with Crippen LogP contribution in [0.25, 0.3) is 0 Å². The fraction of sp³-hybridized carbons (Fsp3) is 0.222. The summed E-state index contributed by atoms with van der Waals surface area (Å²) in [5, 5.41) is 0.704. The van der Waals surface area contributed by atoms with Gasteiger partial charge < -0.3 is 5.73 Å². The highest BCUT2D eigenvalue weighted by atomic mass is 35.5. The Hall–Kier alpha value is -2.00. The monoisotopic (exact) mass is 321 g/mol. The first-order chi connectivity index (χ1) is 10.5. The van der Waals surface area contributed by atoms with Gasteiger partial charge in [0.05, 0.1) is 5.70 Å². The smallest absolute Gasteiger partial charge is 0.187 e. The molecule has 0 amide bonds. The van der Waals surface area contributed by atoms with Crippen LogP contribution in [-0.2, 0) is 11.4 Å². The summed E-state index contributed by atoms with van der Waals surface area (Å²) >= 11 is 5.90. The van der Waals surface area contributed by atoms with Gasteiger partial charge in [0.15, 0.2) is 5.76 Å². The Morgan fingerprint density at radius 3 is 2.50 bits per heavy atom. The maximum atomic E-state index is 12.2. The van der Waals surface area contributed by atoms with Crippen LogP contribution in [0.3, 0.4) is 0 Å². The second kappa shape index (κ2) is 9.11. The normalized spacial score (nSPS) is 13.2. The SMILES string of the molecule is C=C(OF)/C(N)=C/C(=C/CC)C(=C\C)/Cc1ccc(Cl)cc1. The molecule has 0 aliphatic carbocycles. The lowest BCUT2D eigenvalue weighted by atomic mass is 9.96. The van der Waals surface area contributed by atoms with Crippen LogP contribution < -0.4 is 5.73 Å². The molecule has 0 saturated carbocycles. The summed E-state index contributed by atoms with van der Waals surface area (Å²) in [7, 11) is 0. The van der Waals surface area contributed by atoms with Crippen molar-refractivity contribution < 1.29 is 9.47 Å². The van der Waals surface area contributed by atoms with E-state index >= 15 is 0 Å². The molecule has 1 aromatic rings. The van der Waals surface area contributed by atoms with Gasteiger partial charge in [-0.3, -0.25) is 4.94 Å². The fourth-order valence-electron chi connectivity index (χ4n) is 1.99. The third-order valence-electron chi connectivity index (χ3n) is 3.18. The first kappa shape index (κ1) is 18.1. The Labute approximate surface area is 136 Å². The maximum Gasteiger partial charge on any atom is 0.187 e. The lowest BCUT2D eigenvalue weighted by Gasteiger charge is -2.11. The quantitative estimate of drug-likeness (QED) is 0.537. The Morgan fingerprint density at radius 2 is 2.00 bits per heavy atom. The van der Waals surface area contributed by atoms with Crippen LogP contribution in [-0.4, -0.2) is 0 Å². The summed E-state index contributed by atoms with van der Waals surface area (Å²) in [4.78, 5) is 3.59. The molecule has 0 fully saturated rings. The van der Waals surface area contributed by atoms with Crippen LogP contribution in [0.15, 0.2) is 71.7 Å². The molecule has 0 saturated heterocycles. The van der Waals surface area contributed by atoms with Crippen LogP contribution in [0.1, 0.15) is 25.8 Å². The van der Waals surface area contributed by atoms with E-state index in [4.69, 9.17) is 17.3 Å². The largest absolute Gasteiger partial charge is 0.396 e. The molecule has 0 heterocycles. The molecule has 0 aliphatic rings. The zero-order valence-corrected chi connectivity index (χ0v) is 13.7. The van der Waals surface area contributed by atoms with Crippen LogP contribution in [0.2, 0.25) is 5.02 Å². The maximum absolute atomic E-state index is 12.2. The molecule has 1 rings (SSSR count). The molecule has 1 aromatic carbocycles. The molecule has 0 atom stereocenters. The number of halogens is 2. The summed E-state index contributed by atoms with van der Waals surface area (Å²) in [5.41, 5.74) is 9.08. The lowest BCUT2D eigenvalue weighted by molar-refractivity contribution is -0.0781. The lowest BCUT2D eigenvalue weighted by Crippen LogP contribution is -2.03. The first-order valence-electron chi connectivity index (χ1n) is 7.07. The summed E-state index contributed by atoms with van der Waals surface area (Å²) < 4.78 is 12.2. The predicted molar refractivity (Wildman–Crippen MR) is 90.9 cm³/mol. The van der Waals surface area contributed by atoms with E-state index in [0.29, 0.717) is 5.02 Å². The van der Waals surface area contributed by atoms with Gasteiger partial charge in [0.1, 0.15) is 0 Å². The van der Waals surface area contributed by atoms with Crippen molar-refractivity contribution in [1.82, 2.24) is 0 Å². The molecule has 0 unspecified atom stereocenters. The van der Waals surface area contributed by atoms with E-state index in [1.807, 2.05) is 50.3 Å². The number of hydrogen-bond donors (Lipinski definition) is 1. The third kappa shape index (κ3) is 5.41. The molecule has 0 spiro atoms. The number of allylic oxidation sites excluding steroid dienone is 5. The molecular formula is C18H21ClFNO. The van der Waals surface area contributed by atoms with Gasteiger partial charge in [-0.1, -0.05) is 42.8 Å². The van der Waals surface area contributed by atoms with Crippen molar-refractivity contribution in [3.8, 4) is 0 Å². The van der Waals surface area contributed by atoms with Crippen LogP contribution in [0.4, 0.5) is 4.53 Å². The van der Waals surface area contributed by atoms with Gasteiger partial charge in [-0.2, -0.15) is 0 Å². The summed E-state index contributed by atoms with van der Waals surface area (Å²) in [6, 6.07) is 7.67. The van der Waals surface area contributed by atoms with Gasteiger partial charge in [0.2, 0.25) is 0 Å². The van der Waals surface area contributed by atoms with E-state index in [9.17, 15) is 4.53 Å². The van der Waals surface area contributed by atoms with Gasteiger partial charge in [-0.15, -0.1) is 0 Å². The minimum absolute atomic E-state index is 0.164. The average Bonchev–Trinajstić information content (AvgIpc) is 2.53. The van der Waals surface area contributed by atoms with E-state index in [0.717, 1.165) is 29.6 Å². The van der Waals surface area contributed by atoms with Crippen LogP contribution >= 0.6 is 11.6 Å². The third-order valence-corrected chi connectivity index (χ3v) is 3.43. The highest BCUT2D eigenvalue weighted by Crippen LogP contribution is 2.21. The average molecular weight is 322 g/mol. The van der Waals surface area contributed by atoms with Crippen molar-refractivity contribution in [2.45, 2.75) is 26.7 Å². The summed E-state index contributed by atoms with van der Waals surface area (Å²) in [6.45, 7) is 7.40. The van der Waals surface area contributed by atoms with Crippen molar-refractivity contribution in [3.63, 3.8) is 0 Å². The van der Waals surface area contributed by atoms with Crippen LogP contribution in [0, 0.1) is 0 Å². The molecule has 4 heteroatoms. The van der Waals surface area contributed by atoms with Crippen molar-refractivity contribution in [2.24, 2.45) is 5.73 Å². The molecule has 0 bridgehead atoms. The molecule has 2 N–H and O–H groups in total. The fourth-order valence-corrected chi connectivity index (χ4v) is 2.11. The van der Waals surface area contributed by atoms with Gasteiger partial charge in [-0.05, 0) is 61.3 Å². The first-order valence-corrected chi connectivity index (χ1v) is 7.44. The second-order valence-electron chi connectivity index (χ2n) is 4.78. The number of hydrogen-bond acceptors (Lipinski definition) is 2. The molecule has 0 aromatic heterocycles. The number of rotatable bonds is 7. The van der Waals surface area contributed by atoms with E-state index in [1.54, 1.807) is 6.08 Å². The zero-order chi connectivity index (χ0) is 16.5. The molecule has 0 radical (unpaired) electrons. The van der Waals surface area contributed by atoms with Crippen molar-refractivity contribution >= 4 is 11.6 Å². The van der Waals surface area contributed by atoms with Gasteiger partial charge in [0, 0.05) is 9.55 Å². The molecule has 22 heavy (non-hydrogen) atoms. The predicted octanol–water partition coefficient (Wildman–Crippen LogP) is 5.42. The minimum Gasteiger partial charge on any atom is -0.396 e. The van der Waals surface area contributed by atoms with E-state index in [1.165, 1.54) is 0 Å². The molecule has 0 aliphatic heterocycles. The number of nitrogens with two attached hydrogens (primary N) is 1. The zero-order valence-electron chi connectivity index (χ0n) is 12.9. The second-order valence-corrected chi connectivity index (χ2v) is 5.22. The molecule has 118 valence electrons. The number of benzene rings is 1. The highest BCUT2D eigenvalue weighted by Gasteiger charge is 2.07. The van der Waals surface area contributed by atoms with Crippen LogP contribution in [0.5, 0.6) is 0 Å². The Bertz CT molecular complexity index is 600. The van der Waals surface area contributed by atoms with Gasteiger partial charge in [0.25, 0.3) is 0 Å². The minimum atomic E-state index is -0.191. The van der Waals surface area contributed by atoms with Gasteiger partial charge >= 0.3 is 0 Å². The summed E-state index contributed by atoms with van der Waals surface area (Å²) in [6.07, 6.45) is 7.28. The molecular weight excluding hydrogens is 301 g/mol. The van der Waals surface area contributed by atoms with E-state index < -0.39 is 0 Å². The van der Waals surface area contributed by atoms with Gasteiger partial charge in [-0.25, -0.2) is 0 Å². The van der Waals surface area contributed by atoms with Crippen molar-refractivity contribution in [3.05, 3.63) is 82.3 Å². The Morgan fingerprint density at radius 1 is 1.36 bits per heavy atom.